The molecule has 0 fully saturated rings. The number of aliphatic hydroxyl groups excluding tert-OH is 1. The number of aryl methyl sites for hydroxylation is 1. The molecule has 138 valence electrons. The molecule has 3 aromatic rings. The Morgan fingerprint density at radius 3 is 2.65 bits per heavy atom. The third kappa shape index (κ3) is 4.65. The van der Waals surface area contributed by atoms with Crippen LogP contribution in [-0.4, -0.2) is 34.9 Å². The van der Waals surface area contributed by atoms with Gasteiger partial charge in [0, 0.05) is 29.2 Å². The van der Waals surface area contributed by atoms with Crippen molar-refractivity contribution < 1.29 is 9.84 Å². The number of aliphatic hydroxyl groups is 1. The maximum Gasteiger partial charge on any atom is 0.122 e. The number of nitrogens with one attached hydrogen (secondary N) is 2. The first kappa shape index (κ1) is 18.5. The van der Waals surface area contributed by atoms with Crippen molar-refractivity contribution >= 4 is 10.9 Å². The molecule has 0 amide bonds. The lowest BCUT2D eigenvalue weighted by Crippen LogP contribution is -2.46. The van der Waals surface area contributed by atoms with Crippen molar-refractivity contribution in [3.63, 3.8) is 0 Å². The van der Waals surface area contributed by atoms with Gasteiger partial charge in [-0.25, -0.2) is 0 Å². The molecule has 4 heteroatoms. The summed E-state index contributed by atoms with van der Waals surface area (Å²) in [6.45, 7) is 7.08. The number of para-hydroxylation sites is 2. The molecular formula is C22H28N2O2. The van der Waals surface area contributed by atoms with Crippen LogP contribution < -0.4 is 10.1 Å². The van der Waals surface area contributed by atoms with E-state index in [2.05, 4.69) is 48.5 Å². The second-order valence-electron chi connectivity index (χ2n) is 7.53. The minimum absolute atomic E-state index is 0.130. The predicted octanol–water partition coefficient (Wildman–Crippen LogP) is 3.83. The van der Waals surface area contributed by atoms with Gasteiger partial charge in [-0.15, -0.1) is 0 Å². The van der Waals surface area contributed by atoms with Gasteiger partial charge in [0.2, 0.25) is 0 Å². The van der Waals surface area contributed by atoms with Gasteiger partial charge in [0.1, 0.15) is 18.5 Å². The highest BCUT2D eigenvalue weighted by Crippen LogP contribution is 2.22. The smallest absolute Gasteiger partial charge is 0.122 e. The largest absolute Gasteiger partial charge is 0.491 e. The van der Waals surface area contributed by atoms with E-state index in [-0.39, 0.29) is 12.1 Å². The Bertz CT molecular complexity index is 854. The van der Waals surface area contributed by atoms with Crippen molar-refractivity contribution in [3.05, 3.63) is 65.9 Å². The SMILES string of the molecule is Cc1ccccc1OCC(O)CNC(C)(C)Cc1c[nH]c2ccccc12. The molecule has 3 N–H and O–H groups in total. The Kier molecular flexibility index (Phi) is 5.64. The Labute approximate surface area is 155 Å². The summed E-state index contributed by atoms with van der Waals surface area (Å²) >= 11 is 0. The molecule has 0 saturated heterocycles. The van der Waals surface area contributed by atoms with Crippen molar-refractivity contribution in [2.45, 2.75) is 38.8 Å². The number of β-amino-alcohol motifs (C(OH)–C–C–N with tert-alkyl or cyclic N) is 1. The van der Waals surface area contributed by atoms with Crippen molar-refractivity contribution in [2.75, 3.05) is 13.2 Å². The molecule has 2 aromatic carbocycles. The zero-order chi connectivity index (χ0) is 18.6. The van der Waals surface area contributed by atoms with E-state index in [4.69, 9.17) is 4.74 Å². The van der Waals surface area contributed by atoms with Gasteiger partial charge in [0.05, 0.1) is 0 Å². The standard InChI is InChI=1S/C22H28N2O2/c1-16-8-4-7-11-21(16)26-15-18(25)14-24-22(2,3)12-17-13-23-20-10-6-5-9-19(17)20/h4-11,13,18,23-25H,12,14-15H2,1-3H3. The normalized spacial score (nSPS) is 13.1. The van der Waals surface area contributed by atoms with Crippen LogP contribution in [0, 0.1) is 6.92 Å². The van der Waals surface area contributed by atoms with Crippen molar-refractivity contribution in [2.24, 2.45) is 0 Å². The third-order valence-electron chi connectivity index (χ3n) is 4.65. The second-order valence-corrected chi connectivity index (χ2v) is 7.53. The number of aromatic amines is 1. The summed E-state index contributed by atoms with van der Waals surface area (Å²) in [7, 11) is 0. The van der Waals surface area contributed by atoms with Crippen LogP contribution in [-0.2, 0) is 6.42 Å². The zero-order valence-corrected chi connectivity index (χ0v) is 15.8. The molecule has 1 aromatic heterocycles. The fraction of sp³-hybridized carbons (Fsp3) is 0.364. The summed E-state index contributed by atoms with van der Waals surface area (Å²) in [6, 6.07) is 16.2. The molecule has 0 saturated carbocycles. The molecule has 3 rings (SSSR count). The molecule has 1 atom stereocenters. The molecule has 1 unspecified atom stereocenters. The van der Waals surface area contributed by atoms with E-state index >= 15 is 0 Å². The molecule has 0 aliphatic carbocycles. The van der Waals surface area contributed by atoms with Crippen molar-refractivity contribution in [3.8, 4) is 5.75 Å². The molecule has 0 bridgehead atoms. The van der Waals surface area contributed by atoms with Gasteiger partial charge in [0.25, 0.3) is 0 Å². The topological polar surface area (TPSA) is 57.3 Å². The minimum Gasteiger partial charge on any atom is -0.491 e. The van der Waals surface area contributed by atoms with Gasteiger partial charge >= 0.3 is 0 Å². The lowest BCUT2D eigenvalue weighted by Gasteiger charge is -2.28. The van der Waals surface area contributed by atoms with E-state index in [1.165, 1.54) is 10.9 Å². The highest BCUT2D eigenvalue weighted by molar-refractivity contribution is 5.83. The van der Waals surface area contributed by atoms with Gasteiger partial charge in [-0.3, -0.25) is 0 Å². The second kappa shape index (κ2) is 7.94. The molecule has 0 spiro atoms. The van der Waals surface area contributed by atoms with Gasteiger partial charge in [-0.1, -0.05) is 36.4 Å². The number of aromatic nitrogens is 1. The summed E-state index contributed by atoms with van der Waals surface area (Å²) < 4.78 is 5.73. The number of fused-ring (bicyclic) bond motifs is 1. The number of hydrogen-bond donors (Lipinski definition) is 3. The molecule has 0 radical (unpaired) electrons. The summed E-state index contributed by atoms with van der Waals surface area (Å²) in [5, 5.41) is 15.0. The van der Waals surface area contributed by atoms with Crippen molar-refractivity contribution in [1.82, 2.24) is 10.3 Å². The predicted molar refractivity (Wildman–Crippen MR) is 107 cm³/mol. The first-order valence-corrected chi connectivity index (χ1v) is 9.11. The number of hydrogen-bond acceptors (Lipinski definition) is 3. The van der Waals surface area contributed by atoms with E-state index in [0.717, 1.165) is 23.3 Å². The number of benzene rings is 2. The maximum absolute atomic E-state index is 10.3. The van der Waals surface area contributed by atoms with Gasteiger partial charge in [-0.2, -0.15) is 0 Å². The zero-order valence-electron chi connectivity index (χ0n) is 15.8. The quantitative estimate of drug-likeness (QED) is 0.577. The van der Waals surface area contributed by atoms with E-state index in [0.29, 0.717) is 6.54 Å². The van der Waals surface area contributed by atoms with Gasteiger partial charge < -0.3 is 20.1 Å². The van der Waals surface area contributed by atoms with Crippen LogP contribution in [0.1, 0.15) is 25.0 Å². The van der Waals surface area contributed by atoms with Gasteiger partial charge in [0.15, 0.2) is 0 Å². The van der Waals surface area contributed by atoms with Crippen LogP contribution >= 0.6 is 0 Å². The maximum atomic E-state index is 10.3. The summed E-state index contributed by atoms with van der Waals surface area (Å²) in [5.74, 6) is 0.824. The molecular weight excluding hydrogens is 324 g/mol. The fourth-order valence-electron chi connectivity index (χ4n) is 3.17. The highest BCUT2D eigenvalue weighted by Gasteiger charge is 2.21. The van der Waals surface area contributed by atoms with E-state index in [9.17, 15) is 5.11 Å². The summed E-state index contributed by atoms with van der Waals surface area (Å²) in [6.07, 6.45) is 2.39. The molecule has 0 aliphatic heterocycles. The fourth-order valence-corrected chi connectivity index (χ4v) is 3.17. The van der Waals surface area contributed by atoms with E-state index in [1.807, 2.05) is 37.3 Å². The Balaban J connectivity index is 1.52. The molecule has 4 nitrogen and oxygen atoms in total. The lowest BCUT2D eigenvalue weighted by atomic mass is 9.94. The summed E-state index contributed by atoms with van der Waals surface area (Å²) in [4.78, 5) is 3.32. The number of rotatable bonds is 8. The molecule has 0 aliphatic rings. The van der Waals surface area contributed by atoms with Crippen LogP contribution in [0.15, 0.2) is 54.7 Å². The first-order chi connectivity index (χ1) is 12.4. The monoisotopic (exact) mass is 352 g/mol. The molecule has 1 heterocycles. The highest BCUT2D eigenvalue weighted by atomic mass is 16.5. The van der Waals surface area contributed by atoms with Crippen LogP contribution in [0.2, 0.25) is 0 Å². The van der Waals surface area contributed by atoms with Crippen LogP contribution in [0.3, 0.4) is 0 Å². The van der Waals surface area contributed by atoms with Crippen LogP contribution in [0.25, 0.3) is 10.9 Å². The molecule has 26 heavy (non-hydrogen) atoms. The third-order valence-corrected chi connectivity index (χ3v) is 4.65. The minimum atomic E-state index is -0.558. The van der Waals surface area contributed by atoms with E-state index in [1.54, 1.807) is 0 Å². The Morgan fingerprint density at radius 1 is 1.12 bits per heavy atom. The van der Waals surface area contributed by atoms with Crippen LogP contribution in [0.5, 0.6) is 5.75 Å². The lowest BCUT2D eigenvalue weighted by molar-refractivity contribution is 0.0985. The van der Waals surface area contributed by atoms with E-state index < -0.39 is 6.10 Å². The van der Waals surface area contributed by atoms with Crippen molar-refractivity contribution in [1.29, 1.82) is 0 Å². The average molecular weight is 352 g/mol. The number of ether oxygens (including phenoxy) is 1. The summed E-state index contributed by atoms with van der Waals surface area (Å²) in [5.41, 5.74) is 3.38. The van der Waals surface area contributed by atoms with Gasteiger partial charge in [-0.05, 0) is 50.5 Å². The van der Waals surface area contributed by atoms with Crippen LogP contribution in [0.4, 0.5) is 0 Å². The average Bonchev–Trinajstić information content (AvgIpc) is 3.02. The Hall–Kier alpha value is -2.30. The number of H-pyrrole nitrogens is 1. The Morgan fingerprint density at radius 2 is 1.85 bits per heavy atom. The first-order valence-electron chi connectivity index (χ1n) is 9.11.